The number of benzene rings is 2. The predicted octanol–water partition coefficient (Wildman–Crippen LogP) is 4.40. The van der Waals surface area contributed by atoms with E-state index in [1.165, 1.54) is 6.07 Å². The van der Waals surface area contributed by atoms with Gasteiger partial charge < -0.3 is 9.84 Å². The Bertz CT molecular complexity index is 685. The number of nitro groups is 1. The highest BCUT2D eigenvalue weighted by atomic mass is 35.5. The minimum atomic E-state index is -0.648. The molecule has 5 nitrogen and oxygen atoms in total. The quantitative estimate of drug-likeness (QED) is 0.671. The average molecular weight is 308 g/mol. The largest absolute Gasteiger partial charge is 0.449 e. The average Bonchev–Trinajstić information content (AvgIpc) is 2.40. The van der Waals surface area contributed by atoms with Crippen molar-refractivity contribution in [3.05, 3.63) is 62.7 Å². The van der Waals surface area contributed by atoms with E-state index in [1.54, 1.807) is 44.2 Å². The van der Waals surface area contributed by atoms with Gasteiger partial charge in [-0.2, -0.15) is 0 Å². The van der Waals surface area contributed by atoms with E-state index in [0.29, 0.717) is 16.9 Å². The van der Waals surface area contributed by atoms with E-state index in [0.717, 1.165) is 0 Å². The molecule has 0 amide bonds. The number of aryl methyl sites for hydroxylation is 1. The molecule has 2 aromatic rings. The number of para-hydroxylation sites is 1. The molecule has 0 aliphatic rings. The van der Waals surface area contributed by atoms with Crippen molar-refractivity contribution >= 4 is 17.3 Å². The Morgan fingerprint density at radius 1 is 1.29 bits per heavy atom. The van der Waals surface area contributed by atoms with Crippen LogP contribution in [-0.4, -0.2) is 10.0 Å². The molecule has 2 aromatic carbocycles. The molecule has 21 heavy (non-hydrogen) atoms. The van der Waals surface area contributed by atoms with E-state index in [2.05, 4.69) is 0 Å². The van der Waals surface area contributed by atoms with Gasteiger partial charge in [-0.3, -0.25) is 10.1 Å². The van der Waals surface area contributed by atoms with Crippen LogP contribution >= 0.6 is 11.6 Å². The van der Waals surface area contributed by atoms with Crippen molar-refractivity contribution in [3.8, 4) is 11.5 Å². The van der Waals surface area contributed by atoms with Crippen molar-refractivity contribution in [1.29, 1.82) is 0 Å². The third-order valence-corrected chi connectivity index (χ3v) is 3.34. The molecule has 2 rings (SSSR count). The van der Waals surface area contributed by atoms with Gasteiger partial charge in [0.1, 0.15) is 5.75 Å². The first-order chi connectivity index (χ1) is 9.90. The summed E-state index contributed by atoms with van der Waals surface area (Å²) in [5, 5.41) is 20.9. The smallest absolute Gasteiger partial charge is 0.314 e. The first-order valence-electron chi connectivity index (χ1n) is 6.29. The minimum Gasteiger partial charge on any atom is -0.449 e. The number of nitrogens with zero attached hydrogens (tertiary/aromatic N) is 1. The lowest BCUT2D eigenvalue weighted by Crippen LogP contribution is -1.97. The molecule has 0 saturated carbocycles. The van der Waals surface area contributed by atoms with E-state index in [9.17, 15) is 15.2 Å². The molecule has 0 heterocycles. The highest BCUT2D eigenvalue weighted by Crippen LogP contribution is 2.37. The van der Waals surface area contributed by atoms with Crippen LogP contribution in [0, 0.1) is 17.0 Å². The maximum Gasteiger partial charge on any atom is 0.314 e. The molecule has 0 aliphatic carbocycles. The lowest BCUT2D eigenvalue weighted by atomic mass is 10.1. The molecule has 110 valence electrons. The van der Waals surface area contributed by atoms with Gasteiger partial charge in [-0.1, -0.05) is 29.8 Å². The Kier molecular flexibility index (Phi) is 4.45. The van der Waals surface area contributed by atoms with Gasteiger partial charge in [0, 0.05) is 5.56 Å². The van der Waals surface area contributed by atoms with Crippen LogP contribution < -0.4 is 4.74 Å². The summed E-state index contributed by atoms with van der Waals surface area (Å²) in [6.07, 6.45) is -0.648. The fourth-order valence-corrected chi connectivity index (χ4v) is 2.15. The molecular formula is C15H14ClNO4. The molecule has 1 N–H and O–H groups in total. The Balaban J connectivity index is 2.39. The molecule has 0 saturated heterocycles. The molecule has 0 radical (unpaired) electrons. The fourth-order valence-electron chi connectivity index (χ4n) is 1.93. The SMILES string of the molecule is Cc1cccc(Oc2ccc(C(C)O)cc2Cl)c1[N+](=O)[O-]. The van der Waals surface area contributed by atoms with Crippen molar-refractivity contribution in [3.63, 3.8) is 0 Å². The summed E-state index contributed by atoms with van der Waals surface area (Å²) in [7, 11) is 0. The van der Waals surface area contributed by atoms with E-state index >= 15 is 0 Å². The second-order valence-corrected chi connectivity index (χ2v) is 5.05. The van der Waals surface area contributed by atoms with Crippen LogP contribution in [0.3, 0.4) is 0 Å². The summed E-state index contributed by atoms with van der Waals surface area (Å²) < 4.78 is 5.56. The van der Waals surface area contributed by atoms with Crippen LogP contribution in [0.5, 0.6) is 11.5 Å². The number of hydrogen-bond acceptors (Lipinski definition) is 4. The third kappa shape index (κ3) is 3.32. The van der Waals surface area contributed by atoms with Gasteiger partial charge in [-0.15, -0.1) is 0 Å². The Morgan fingerprint density at radius 2 is 2.00 bits per heavy atom. The third-order valence-electron chi connectivity index (χ3n) is 3.04. The van der Waals surface area contributed by atoms with Crippen LogP contribution in [-0.2, 0) is 0 Å². The number of aliphatic hydroxyl groups is 1. The van der Waals surface area contributed by atoms with E-state index < -0.39 is 11.0 Å². The zero-order valence-corrected chi connectivity index (χ0v) is 12.3. The Labute approximate surface area is 126 Å². The van der Waals surface area contributed by atoms with Crippen molar-refractivity contribution in [1.82, 2.24) is 0 Å². The maximum atomic E-state index is 11.1. The van der Waals surface area contributed by atoms with Crippen LogP contribution in [0.25, 0.3) is 0 Å². The normalized spacial score (nSPS) is 12.0. The lowest BCUT2D eigenvalue weighted by molar-refractivity contribution is -0.386. The van der Waals surface area contributed by atoms with Gasteiger partial charge in [0.05, 0.1) is 16.0 Å². The summed E-state index contributed by atoms with van der Waals surface area (Å²) in [5.41, 5.74) is 1.06. The van der Waals surface area contributed by atoms with Gasteiger partial charge in [-0.05, 0) is 37.6 Å². The van der Waals surface area contributed by atoms with Crippen molar-refractivity contribution in [2.24, 2.45) is 0 Å². The molecule has 1 atom stereocenters. The molecule has 0 aliphatic heterocycles. The van der Waals surface area contributed by atoms with Crippen LogP contribution in [0.2, 0.25) is 5.02 Å². The van der Waals surface area contributed by atoms with Gasteiger partial charge in [0.25, 0.3) is 0 Å². The summed E-state index contributed by atoms with van der Waals surface area (Å²) in [4.78, 5) is 10.6. The molecule has 0 spiro atoms. The fraction of sp³-hybridized carbons (Fsp3) is 0.200. The number of nitro benzene ring substituents is 1. The topological polar surface area (TPSA) is 72.6 Å². The summed E-state index contributed by atoms with van der Waals surface area (Å²) in [5.74, 6) is 0.432. The van der Waals surface area contributed by atoms with E-state index in [4.69, 9.17) is 16.3 Å². The first kappa shape index (κ1) is 15.3. The highest BCUT2D eigenvalue weighted by Gasteiger charge is 2.19. The number of rotatable bonds is 4. The highest BCUT2D eigenvalue weighted by molar-refractivity contribution is 6.32. The lowest BCUT2D eigenvalue weighted by Gasteiger charge is -2.11. The zero-order valence-electron chi connectivity index (χ0n) is 11.5. The van der Waals surface area contributed by atoms with Crippen LogP contribution in [0.15, 0.2) is 36.4 Å². The minimum absolute atomic E-state index is 0.0897. The van der Waals surface area contributed by atoms with Crippen LogP contribution in [0.1, 0.15) is 24.2 Å². The molecule has 1 unspecified atom stereocenters. The zero-order chi connectivity index (χ0) is 15.6. The van der Waals surface area contributed by atoms with E-state index in [1.807, 2.05) is 0 Å². The van der Waals surface area contributed by atoms with Crippen molar-refractivity contribution in [2.45, 2.75) is 20.0 Å². The summed E-state index contributed by atoms with van der Waals surface area (Å²) in [6, 6.07) is 9.65. The monoisotopic (exact) mass is 307 g/mol. The van der Waals surface area contributed by atoms with Gasteiger partial charge in [0.15, 0.2) is 0 Å². The molecule has 0 aromatic heterocycles. The van der Waals surface area contributed by atoms with Gasteiger partial charge >= 0.3 is 5.69 Å². The Hall–Kier alpha value is -2.11. The number of hydrogen-bond donors (Lipinski definition) is 1. The first-order valence-corrected chi connectivity index (χ1v) is 6.67. The standard InChI is InChI=1S/C15H14ClNO4/c1-9-4-3-5-14(15(9)17(19)20)21-13-7-6-11(10(2)18)8-12(13)16/h3-8,10,18H,1-2H3. The van der Waals surface area contributed by atoms with Gasteiger partial charge in [-0.25, -0.2) is 0 Å². The number of ether oxygens (including phenoxy) is 1. The summed E-state index contributed by atoms with van der Waals surface area (Å²) >= 11 is 6.09. The van der Waals surface area contributed by atoms with Crippen molar-refractivity contribution in [2.75, 3.05) is 0 Å². The number of halogens is 1. The van der Waals surface area contributed by atoms with E-state index in [-0.39, 0.29) is 16.5 Å². The second-order valence-electron chi connectivity index (χ2n) is 4.65. The molecule has 0 fully saturated rings. The predicted molar refractivity (Wildman–Crippen MR) is 80.0 cm³/mol. The van der Waals surface area contributed by atoms with Gasteiger partial charge in [0.2, 0.25) is 5.75 Å². The Morgan fingerprint density at radius 3 is 2.57 bits per heavy atom. The second kappa shape index (κ2) is 6.11. The summed E-state index contributed by atoms with van der Waals surface area (Å²) in [6.45, 7) is 3.26. The maximum absolute atomic E-state index is 11.1. The molecule has 6 heteroatoms. The number of aliphatic hydroxyl groups excluding tert-OH is 1. The molecular weight excluding hydrogens is 294 g/mol. The van der Waals surface area contributed by atoms with Crippen molar-refractivity contribution < 1.29 is 14.8 Å². The molecule has 0 bridgehead atoms. The van der Waals surface area contributed by atoms with Crippen LogP contribution in [0.4, 0.5) is 5.69 Å².